The molecule has 0 bridgehead atoms. The van der Waals surface area contributed by atoms with Crippen LogP contribution in [0.2, 0.25) is 0 Å². The molecule has 0 fully saturated rings. The van der Waals surface area contributed by atoms with Gasteiger partial charge in [0, 0.05) is 12.4 Å². The first kappa shape index (κ1) is 19.9. The zero-order chi connectivity index (χ0) is 19.0. The number of amides is 1. The molecule has 1 atom stereocenters. The molecule has 0 saturated carbocycles. The summed E-state index contributed by atoms with van der Waals surface area (Å²) in [6.07, 6.45) is 11.5. The quantitative estimate of drug-likeness (QED) is 0.520. The van der Waals surface area contributed by atoms with Gasteiger partial charge in [0.1, 0.15) is 11.2 Å². The van der Waals surface area contributed by atoms with E-state index in [-0.39, 0.29) is 18.5 Å². The van der Waals surface area contributed by atoms with Crippen molar-refractivity contribution in [2.75, 3.05) is 6.61 Å². The van der Waals surface area contributed by atoms with Gasteiger partial charge in [0.2, 0.25) is 0 Å². The number of nitrogens with one attached hydrogen (secondary N) is 1. The van der Waals surface area contributed by atoms with Gasteiger partial charge in [-0.05, 0) is 19.8 Å². The Morgan fingerprint density at radius 3 is 2.69 bits per heavy atom. The van der Waals surface area contributed by atoms with Crippen molar-refractivity contribution in [3.8, 4) is 0 Å². The minimum atomic E-state index is -1.02. The maximum atomic E-state index is 12.9. The van der Waals surface area contributed by atoms with Crippen molar-refractivity contribution in [3.63, 3.8) is 0 Å². The molecule has 1 unspecified atom stereocenters. The van der Waals surface area contributed by atoms with Crippen molar-refractivity contribution in [1.29, 1.82) is 0 Å². The number of nitrogens with zero attached hydrogens (tertiary/aromatic N) is 3. The number of hydrogen-bond acceptors (Lipinski definition) is 5. The van der Waals surface area contributed by atoms with Crippen LogP contribution in [0, 0.1) is 0 Å². The lowest BCUT2D eigenvalue weighted by Gasteiger charge is -2.31. The fourth-order valence-electron chi connectivity index (χ4n) is 3.04. The van der Waals surface area contributed by atoms with E-state index >= 15 is 0 Å². The number of rotatable bonds is 10. The molecule has 7 nitrogen and oxygen atoms in total. The van der Waals surface area contributed by atoms with Gasteiger partial charge in [-0.2, -0.15) is 0 Å². The normalized spacial score (nSPS) is 13.3. The molecule has 7 heteroatoms. The number of aromatic nitrogens is 3. The predicted molar refractivity (Wildman–Crippen MR) is 98.9 cm³/mol. The Morgan fingerprint density at radius 2 is 2.00 bits per heavy atom. The molecule has 0 aliphatic rings. The summed E-state index contributed by atoms with van der Waals surface area (Å²) in [6, 6.07) is 0. The van der Waals surface area contributed by atoms with Gasteiger partial charge in [0.05, 0.1) is 19.0 Å². The molecule has 1 amide bonds. The molecule has 2 aromatic rings. The van der Waals surface area contributed by atoms with Crippen LogP contribution in [0.25, 0.3) is 5.65 Å². The van der Waals surface area contributed by atoms with E-state index in [1.807, 2.05) is 6.92 Å². The standard InChI is InChI=1S/C19H28N4O3/c1-4-7-8-9-10-19(5-2,18(25)26-6-3)22-17(24)15-13-21-16-14-20-11-12-23(15)16/h11-14H,4-10H2,1-3H3,(H,22,24). The third-order valence-corrected chi connectivity index (χ3v) is 4.63. The average Bonchev–Trinajstić information content (AvgIpc) is 3.08. The third kappa shape index (κ3) is 4.39. The molecule has 1 N–H and O–H groups in total. The largest absolute Gasteiger partial charge is 0.464 e. The highest BCUT2D eigenvalue weighted by molar-refractivity contribution is 5.97. The van der Waals surface area contributed by atoms with Gasteiger partial charge in [-0.15, -0.1) is 0 Å². The average molecular weight is 360 g/mol. The Bertz CT molecular complexity index is 743. The van der Waals surface area contributed by atoms with Crippen LogP contribution in [0.3, 0.4) is 0 Å². The van der Waals surface area contributed by atoms with Gasteiger partial charge in [-0.25, -0.2) is 9.78 Å². The Morgan fingerprint density at radius 1 is 1.19 bits per heavy atom. The van der Waals surface area contributed by atoms with Crippen LogP contribution in [0.15, 0.2) is 24.8 Å². The van der Waals surface area contributed by atoms with Crippen molar-refractivity contribution in [3.05, 3.63) is 30.5 Å². The van der Waals surface area contributed by atoms with E-state index in [4.69, 9.17) is 4.74 Å². The lowest BCUT2D eigenvalue weighted by molar-refractivity contribution is -0.151. The fourth-order valence-corrected chi connectivity index (χ4v) is 3.04. The first-order valence-corrected chi connectivity index (χ1v) is 9.34. The van der Waals surface area contributed by atoms with E-state index in [1.165, 1.54) is 6.20 Å². The summed E-state index contributed by atoms with van der Waals surface area (Å²) in [6.45, 7) is 6.09. The minimum absolute atomic E-state index is 0.284. The van der Waals surface area contributed by atoms with Crippen LogP contribution < -0.4 is 5.32 Å². The van der Waals surface area contributed by atoms with Crippen molar-refractivity contribution < 1.29 is 14.3 Å². The van der Waals surface area contributed by atoms with E-state index in [0.29, 0.717) is 24.2 Å². The van der Waals surface area contributed by atoms with Gasteiger partial charge in [0.15, 0.2) is 5.65 Å². The first-order chi connectivity index (χ1) is 12.6. The molecule has 0 aliphatic heterocycles. The third-order valence-electron chi connectivity index (χ3n) is 4.63. The van der Waals surface area contributed by atoms with E-state index in [1.54, 1.807) is 29.9 Å². The summed E-state index contributed by atoms with van der Waals surface area (Å²) in [5, 5.41) is 2.94. The molecule has 0 spiro atoms. The maximum Gasteiger partial charge on any atom is 0.331 e. The lowest BCUT2D eigenvalue weighted by atomic mass is 9.88. The molecule has 0 aromatic carbocycles. The van der Waals surface area contributed by atoms with E-state index < -0.39 is 5.54 Å². The molecule has 2 aromatic heterocycles. The molecule has 2 heterocycles. The summed E-state index contributed by atoms with van der Waals surface area (Å²) >= 11 is 0. The lowest BCUT2D eigenvalue weighted by Crippen LogP contribution is -2.55. The SMILES string of the molecule is CCCCCCC(CC)(NC(=O)c1cnc2cnccn12)C(=O)OCC. The molecule has 0 aliphatic carbocycles. The highest BCUT2D eigenvalue weighted by atomic mass is 16.5. The number of unbranched alkanes of at least 4 members (excludes halogenated alkanes) is 3. The van der Waals surface area contributed by atoms with Crippen LogP contribution in [-0.2, 0) is 9.53 Å². The first-order valence-electron chi connectivity index (χ1n) is 9.34. The van der Waals surface area contributed by atoms with E-state index in [9.17, 15) is 9.59 Å². The fraction of sp³-hybridized carbons (Fsp3) is 0.579. The summed E-state index contributed by atoms with van der Waals surface area (Å²) in [7, 11) is 0. The van der Waals surface area contributed by atoms with Crippen molar-refractivity contribution in [2.45, 2.75) is 64.8 Å². The number of carbonyl (C=O) groups is 2. The van der Waals surface area contributed by atoms with Gasteiger partial charge >= 0.3 is 5.97 Å². The summed E-state index contributed by atoms with van der Waals surface area (Å²) in [5.41, 5.74) is -0.0604. The summed E-state index contributed by atoms with van der Waals surface area (Å²) < 4.78 is 6.93. The van der Waals surface area contributed by atoms with Crippen LogP contribution in [0.4, 0.5) is 0 Å². The molecule has 0 radical (unpaired) electrons. The number of hydrogen-bond donors (Lipinski definition) is 1. The van der Waals surface area contributed by atoms with E-state index in [0.717, 1.165) is 25.7 Å². The zero-order valence-electron chi connectivity index (χ0n) is 15.8. The second-order valence-electron chi connectivity index (χ2n) is 6.37. The predicted octanol–water partition coefficient (Wildman–Crippen LogP) is 3.14. The monoisotopic (exact) mass is 360 g/mol. The van der Waals surface area contributed by atoms with Crippen LogP contribution in [-0.4, -0.2) is 38.4 Å². The highest BCUT2D eigenvalue weighted by Crippen LogP contribution is 2.23. The molecule has 142 valence electrons. The topological polar surface area (TPSA) is 85.6 Å². The minimum Gasteiger partial charge on any atom is -0.464 e. The highest BCUT2D eigenvalue weighted by Gasteiger charge is 2.39. The van der Waals surface area contributed by atoms with Crippen LogP contribution in [0.1, 0.15) is 69.8 Å². The van der Waals surface area contributed by atoms with Gasteiger partial charge in [0.25, 0.3) is 5.91 Å². The zero-order valence-corrected chi connectivity index (χ0v) is 15.8. The molecule has 0 saturated heterocycles. The van der Waals surface area contributed by atoms with Crippen LogP contribution >= 0.6 is 0 Å². The number of fused-ring (bicyclic) bond motifs is 1. The Labute approximate surface area is 154 Å². The number of esters is 1. The molecular formula is C19H28N4O3. The van der Waals surface area contributed by atoms with Crippen molar-refractivity contribution >= 4 is 17.5 Å². The Hall–Kier alpha value is -2.44. The van der Waals surface area contributed by atoms with Gasteiger partial charge in [-0.3, -0.25) is 14.2 Å². The Balaban J connectivity index is 2.23. The summed E-state index contributed by atoms with van der Waals surface area (Å²) in [5.74, 6) is -0.711. The molecule has 26 heavy (non-hydrogen) atoms. The molecule has 2 rings (SSSR count). The van der Waals surface area contributed by atoms with Crippen LogP contribution in [0.5, 0.6) is 0 Å². The second kappa shape index (κ2) is 9.31. The molecular weight excluding hydrogens is 332 g/mol. The van der Waals surface area contributed by atoms with Crippen molar-refractivity contribution in [2.24, 2.45) is 0 Å². The Kier molecular flexibility index (Phi) is 7.12. The second-order valence-corrected chi connectivity index (χ2v) is 6.37. The number of imidazole rings is 1. The van der Waals surface area contributed by atoms with E-state index in [2.05, 4.69) is 22.2 Å². The number of ether oxygens (including phenoxy) is 1. The maximum absolute atomic E-state index is 12.9. The van der Waals surface area contributed by atoms with Gasteiger partial charge in [-0.1, -0.05) is 39.5 Å². The van der Waals surface area contributed by atoms with Gasteiger partial charge < -0.3 is 10.1 Å². The van der Waals surface area contributed by atoms with Crippen molar-refractivity contribution in [1.82, 2.24) is 19.7 Å². The smallest absolute Gasteiger partial charge is 0.331 e. The number of carbonyl (C=O) groups excluding carboxylic acids is 2. The summed E-state index contributed by atoms with van der Waals surface area (Å²) in [4.78, 5) is 33.7.